The minimum absolute atomic E-state index is 0.146. The number of carbonyl (C=O) groups excluding carboxylic acids is 1. The number of benzene rings is 1. The van der Waals surface area contributed by atoms with Crippen molar-refractivity contribution in [1.82, 2.24) is 10.2 Å². The lowest BCUT2D eigenvalue weighted by molar-refractivity contribution is -0.115. The molecule has 4 rings (SSSR count). The van der Waals surface area contributed by atoms with Gasteiger partial charge in [0.25, 0.3) is 5.91 Å². The van der Waals surface area contributed by atoms with Gasteiger partial charge in [-0.2, -0.15) is 0 Å². The van der Waals surface area contributed by atoms with Gasteiger partial charge >= 0.3 is 0 Å². The number of thiocarbonyl (C=S) groups is 1. The van der Waals surface area contributed by atoms with Crippen LogP contribution in [-0.4, -0.2) is 29.3 Å². The number of carbonyl (C=O) groups is 1. The first-order valence-electron chi connectivity index (χ1n) is 8.45. The molecule has 1 aromatic rings. The first-order chi connectivity index (χ1) is 11.7. The minimum atomic E-state index is -0.146. The molecule has 1 saturated carbocycles. The highest BCUT2D eigenvalue weighted by molar-refractivity contribution is 7.80. The van der Waals surface area contributed by atoms with Crippen molar-refractivity contribution in [2.24, 2.45) is 5.92 Å². The molecule has 0 spiro atoms. The minimum Gasteiger partial charge on any atom is -0.454 e. The summed E-state index contributed by atoms with van der Waals surface area (Å²) in [6.07, 6.45) is 8.11. The van der Waals surface area contributed by atoms with Gasteiger partial charge in [0.1, 0.15) is 5.70 Å². The van der Waals surface area contributed by atoms with Gasteiger partial charge < -0.3 is 14.4 Å². The van der Waals surface area contributed by atoms with E-state index in [0.717, 1.165) is 12.1 Å². The van der Waals surface area contributed by atoms with E-state index < -0.39 is 0 Å². The van der Waals surface area contributed by atoms with Gasteiger partial charge in [-0.1, -0.05) is 31.4 Å². The second-order valence-electron chi connectivity index (χ2n) is 6.48. The molecule has 5 nitrogen and oxygen atoms in total. The Labute approximate surface area is 146 Å². The highest BCUT2D eigenvalue weighted by Gasteiger charge is 2.32. The zero-order valence-corrected chi connectivity index (χ0v) is 14.2. The maximum atomic E-state index is 12.4. The van der Waals surface area contributed by atoms with E-state index in [0.29, 0.717) is 28.2 Å². The summed E-state index contributed by atoms with van der Waals surface area (Å²) in [5.41, 5.74) is 1.43. The molecular weight excluding hydrogens is 324 g/mol. The number of ether oxygens (including phenoxy) is 2. The second-order valence-corrected chi connectivity index (χ2v) is 6.87. The molecule has 0 unspecified atom stereocenters. The van der Waals surface area contributed by atoms with Crippen LogP contribution in [0, 0.1) is 5.92 Å². The first-order valence-corrected chi connectivity index (χ1v) is 8.86. The predicted octanol–water partition coefficient (Wildman–Crippen LogP) is 3.05. The summed E-state index contributed by atoms with van der Waals surface area (Å²) in [4.78, 5) is 14.3. The summed E-state index contributed by atoms with van der Waals surface area (Å²) in [6, 6.07) is 5.69. The van der Waals surface area contributed by atoms with Gasteiger partial charge in [0.2, 0.25) is 6.79 Å². The highest BCUT2D eigenvalue weighted by atomic mass is 32.1. The molecule has 0 aromatic heterocycles. The molecule has 24 heavy (non-hydrogen) atoms. The summed E-state index contributed by atoms with van der Waals surface area (Å²) in [5, 5.41) is 3.27. The Morgan fingerprint density at radius 3 is 2.92 bits per heavy atom. The van der Waals surface area contributed by atoms with Crippen LogP contribution in [0.25, 0.3) is 6.08 Å². The monoisotopic (exact) mass is 344 g/mol. The van der Waals surface area contributed by atoms with Crippen LogP contribution in [0.4, 0.5) is 0 Å². The number of hydrogen-bond donors (Lipinski definition) is 1. The largest absolute Gasteiger partial charge is 0.454 e. The van der Waals surface area contributed by atoms with Gasteiger partial charge in [0.05, 0.1) is 0 Å². The Balaban J connectivity index is 1.62. The SMILES string of the molecule is O=C1NC(=S)N(CC2CCCCC2)/C1=C/c1cccc2c1OCO2. The zero-order valence-electron chi connectivity index (χ0n) is 13.4. The average molecular weight is 344 g/mol. The van der Waals surface area contributed by atoms with E-state index in [2.05, 4.69) is 5.32 Å². The van der Waals surface area contributed by atoms with Crippen molar-refractivity contribution in [1.29, 1.82) is 0 Å². The number of amides is 1. The number of nitrogens with zero attached hydrogens (tertiary/aromatic N) is 1. The Morgan fingerprint density at radius 1 is 1.25 bits per heavy atom. The molecule has 0 radical (unpaired) electrons. The molecule has 2 heterocycles. The van der Waals surface area contributed by atoms with Crippen molar-refractivity contribution in [3.05, 3.63) is 29.5 Å². The van der Waals surface area contributed by atoms with E-state index in [-0.39, 0.29) is 12.7 Å². The van der Waals surface area contributed by atoms with Crippen LogP contribution in [-0.2, 0) is 4.79 Å². The molecule has 0 bridgehead atoms. The highest BCUT2D eigenvalue weighted by Crippen LogP contribution is 2.37. The van der Waals surface area contributed by atoms with Crippen LogP contribution in [0.2, 0.25) is 0 Å². The molecule has 0 atom stereocenters. The Morgan fingerprint density at radius 2 is 2.08 bits per heavy atom. The van der Waals surface area contributed by atoms with Crippen molar-refractivity contribution >= 4 is 29.3 Å². The van der Waals surface area contributed by atoms with Crippen molar-refractivity contribution in [3.63, 3.8) is 0 Å². The molecule has 1 aromatic carbocycles. The molecule has 6 heteroatoms. The van der Waals surface area contributed by atoms with Crippen molar-refractivity contribution in [2.75, 3.05) is 13.3 Å². The molecule has 2 aliphatic heterocycles. The second kappa shape index (κ2) is 6.43. The summed E-state index contributed by atoms with van der Waals surface area (Å²) >= 11 is 5.38. The van der Waals surface area contributed by atoms with Crippen molar-refractivity contribution in [2.45, 2.75) is 32.1 Å². The van der Waals surface area contributed by atoms with Crippen LogP contribution in [0.5, 0.6) is 11.5 Å². The zero-order chi connectivity index (χ0) is 16.5. The number of fused-ring (bicyclic) bond motifs is 1. The molecule has 3 aliphatic rings. The van der Waals surface area contributed by atoms with Gasteiger partial charge in [-0.15, -0.1) is 0 Å². The lowest BCUT2D eigenvalue weighted by Crippen LogP contribution is -2.32. The van der Waals surface area contributed by atoms with Gasteiger partial charge in [0, 0.05) is 12.1 Å². The lowest BCUT2D eigenvalue weighted by atomic mass is 9.89. The van der Waals surface area contributed by atoms with E-state index in [4.69, 9.17) is 21.7 Å². The van der Waals surface area contributed by atoms with Crippen LogP contribution >= 0.6 is 12.2 Å². The third-order valence-corrected chi connectivity index (χ3v) is 5.20. The fraction of sp³-hybridized carbons (Fsp3) is 0.444. The molecular formula is C18H20N2O3S. The van der Waals surface area contributed by atoms with E-state index in [1.807, 2.05) is 29.2 Å². The maximum absolute atomic E-state index is 12.4. The molecule has 1 N–H and O–H groups in total. The number of para-hydroxylation sites is 1. The van der Waals surface area contributed by atoms with Gasteiger partial charge in [-0.3, -0.25) is 10.1 Å². The fourth-order valence-electron chi connectivity index (χ4n) is 3.63. The normalized spacial score (nSPS) is 22.3. The maximum Gasteiger partial charge on any atom is 0.274 e. The first kappa shape index (κ1) is 15.4. The van der Waals surface area contributed by atoms with Gasteiger partial charge in [0.15, 0.2) is 16.6 Å². The standard InChI is InChI=1S/C18H20N2O3S/c21-17-14(9-13-7-4-8-15-16(13)23-11-22-15)20(18(24)19-17)10-12-5-2-1-3-6-12/h4,7-9,12H,1-3,5-6,10-11H2,(H,19,21,24)/b14-9+. The number of nitrogens with one attached hydrogen (secondary N) is 1. The van der Waals surface area contributed by atoms with Crippen LogP contribution in [0.1, 0.15) is 37.7 Å². The summed E-state index contributed by atoms with van der Waals surface area (Å²) in [7, 11) is 0. The molecule has 126 valence electrons. The summed E-state index contributed by atoms with van der Waals surface area (Å²) in [6.45, 7) is 1.02. The van der Waals surface area contributed by atoms with Gasteiger partial charge in [-0.25, -0.2) is 0 Å². The van der Waals surface area contributed by atoms with Crippen molar-refractivity contribution in [3.8, 4) is 11.5 Å². The summed E-state index contributed by atoms with van der Waals surface area (Å²) in [5.74, 6) is 1.85. The van der Waals surface area contributed by atoms with Crippen LogP contribution < -0.4 is 14.8 Å². The fourth-order valence-corrected chi connectivity index (χ4v) is 3.89. The molecule has 1 aliphatic carbocycles. The number of hydrogen-bond acceptors (Lipinski definition) is 4. The quantitative estimate of drug-likeness (QED) is 0.675. The third kappa shape index (κ3) is 2.86. The van der Waals surface area contributed by atoms with Gasteiger partial charge in [-0.05, 0) is 43.1 Å². The molecule has 1 amide bonds. The molecule has 2 fully saturated rings. The Hall–Kier alpha value is -2.08. The van der Waals surface area contributed by atoms with Crippen molar-refractivity contribution < 1.29 is 14.3 Å². The van der Waals surface area contributed by atoms with E-state index >= 15 is 0 Å². The molecule has 1 saturated heterocycles. The van der Waals surface area contributed by atoms with E-state index in [9.17, 15) is 4.79 Å². The van der Waals surface area contributed by atoms with E-state index in [1.165, 1.54) is 32.1 Å². The predicted molar refractivity (Wildman–Crippen MR) is 94.6 cm³/mol. The Kier molecular flexibility index (Phi) is 4.14. The van der Waals surface area contributed by atoms with E-state index in [1.54, 1.807) is 0 Å². The average Bonchev–Trinajstić information content (AvgIpc) is 3.16. The summed E-state index contributed by atoms with van der Waals surface area (Å²) < 4.78 is 10.9. The smallest absolute Gasteiger partial charge is 0.274 e. The Bertz CT molecular complexity index is 710. The topological polar surface area (TPSA) is 50.8 Å². The number of rotatable bonds is 3. The van der Waals surface area contributed by atoms with Crippen LogP contribution in [0.15, 0.2) is 23.9 Å². The lowest BCUT2D eigenvalue weighted by Gasteiger charge is -2.27. The third-order valence-electron chi connectivity index (χ3n) is 4.87. The van der Waals surface area contributed by atoms with Crippen LogP contribution in [0.3, 0.4) is 0 Å².